The summed E-state index contributed by atoms with van der Waals surface area (Å²) in [5.74, 6) is 0. The number of aromatic nitrogens is 1. The first kappa shape index (κ1) is 13.8. The first-order valence-corrected chi connectivity index (χ1v) is 6.56. The number of anilines is 1. The molecule has 0 aliphatic rings. The fraction of sp³-hybridized carbons (Fsp3) is 0.143. The Morgan fingerprint density at radius 2 is 1.95 bits per heavy atom. The minimum atomic E-state index is 0.312. The smallest absolute Gasteiger partial charge is 0.122 e. The number of halogens is 1. The largest absolute Gasteiger partial charge is 0.388 e. The third kappa shape index (κ3) is 3.66. The van der Waals surface area contributed by atoms with Crippen LogP contribution in [0.2, 0.25) is 5.02 Å². The van der Waals surface area contributed by atoms with Crippen molar-refractivity contribution in [3.63, 3.8) is 0 Å². The summed E-state index contributed by atoms with van der Waals surface area (Å²) < 4.78 is 0. The van der Waals surface area contributed by atoms with Crippen LogP contribution in [-0.4, -0.2) is 17.0 Å². The van der Waals surface area contributed by atoms with E-state index in [1.807, 2.05) is 43.4 Å². The molecule has 2 N–H and O–H groups in total. The molecule has 0 radical (unpaired) electrons. The minimum absolute atomic E-state index is 0.312. The van der Waals surface area contributed by atoms with E-state index < -0.39 is 0 Å². The summed E-state index contributed by atoms with van der Waals surface area (Å²) in [6.45, 7) is 0.783. The lowest BCUT2D eigenvalue weighted by Crippen LogP contribution is -2.17. The second-order valence-electron chi connectivity index (χ2n) is 4.25. The van der Waals surface area contributed by atoms with Gasteiger partial charge in [0.25, 0.3) is 0 Å². The van der Waals surface area contributed by atoms with E-state index in [9.17, 15) is 0 Å². The van der Waals surface area contributed by atoms with Crippen LogP contribution in [0.3, 0.4) is 0 Å². The Kier molecular flexibility index (Phi) is 4.35. The quantitative estimate of drug-likeness (QED) is 0.880. The molecule has 3 nitrogen and oxygen atoms in total. The van der Waals surface area contributed by atoms with Crippen LogP contribution in [0.1, 0.15) is 11.3 Å². The number of pyridine rings is 1. The number of benzene rings is 1. The van der Waals surface area contributed by atoms with Crippen molar-refractivity contribution < 1.29 is 0 Å². The minimum Gasteiger partial charge on any atom is -0.388 e. The SMILES string of the molecule is CN(Cc1ccc(Cl)cc1)c1ccc(C(N)=S)nc1. The second-order valence-corrected chi connectivity index (χ2v) is 5.12. The summed E-state index contributed by atoms with van der Waals surface area (Å²) in [6, 6.07) is 11.6. The van der Waals surface area contributed by atoms with Crippen LogP contribution in [-0.2, 0) is 6.54 Å². The maximum absolute atomic E-state index is 5.86. The summed E-state index contributed by atoms with van der Waals surface area (Å²) >= 11 is 10.7. The van der Waals surface area contributed by atoms with Crippen molar-refractivity contribution in [3.8, 4) is 0 Å². The molecule has 1 aromatic carbocycles. The standard InChI is InChI=1S/C14H14ClN3S/c1-18(9-10-2-4-11(15)5-3-10)12-6-7-13(14(16)19)17-8-12/h2-8H,9H2,1H3,(H2,16,19). The first-order chi connectivity index (χ1) is 9.06. The normalized spacial score (nSPS) is 10.2. The molecule has 0 saturated carbocycles. The van der Waals surface area contributed by atoms with Crippen LogP contribution >= 0.6 is 23.8 Å². The van der Waals surface area contributed by atoms with Gasteiger partial charge < -0.3 is 10.6 Å². The van der Waals surface area contributed by atoms with Gasteiger partial charge in [0.15, 0.2) is 0 Å². The molecular weight excluding hydrogens is 278 g/mol. The van der Waals surface area contributed by atoms with E-state index >= 15 is 0 Å². The molecule has 5 heteroatoms. The van der Waals surface area contributed by atoms with E-state index in [1.54, 1.807) is 6.20 Å². The van der Waals surface area contributed by atoms with Crippen molar-refractivity contribution in [2.75, 3.05) is 11.9 Å². The molecule has 2 aromatic rings. The molecular formula is C14H14ClN3S. The highest BCUT2D eigenvalue weighted by atomic mass is 35.5. The Morgan fingerprint density at radius 1 is 1.26 bits per heavy atom. The highest BCUT2D eigenvalue weighted by Crippen LogP contribution is 2.16. The molecule has 19 heavy (non-hydrogen) atoms. The lowest BCUT2D eigenvalue weighted by molar-refractivity contribution is 0.917. The summed E-state index contributed by atoms with van der Waals surface area (Å²) in [5, 5.41) is 0.744. The fourth-order valence-electron chi connectivity index (χ4n) is 1.71. The molecule has 0 atom stereocenters. The van der Waals surface area contributed by atoms with Gasteiger partial charge in [-0.05, 0) is 29.8 Å². The zero-order chi connectivity index (χ0) is 13.8. The Labute approximate surface area is 123 Å². The molecule has 1 aromatic heterocycles. The lowest BCUT2D eigenvalue weighted by Gasteiger charge is -2.19. The molecule has 0 aliphatic heterocycles. The topological polar surface area (TPSA) is 42.1 Å². The van der Waals surface area contributed by atoms with E-state index in [0.29, 0.717) is 10.7 Å². The maximum atomic E-state index is 5.86. The summed E-state index contributed by atoms with van der Waals surface area (Å²) in [5.41, 5.74) is 8.35. The third-order valence-electron chi connectivity index (χ3n) is 2.77. The summed E-state index contributed by atoms with van der Waals surface area (Å²) in [7, 11) is 2.01. The fourth-order valence-corrected chi connectivity index (χ4v) is 1.96. The van der Waals surface area contributed by atoms with E-state index in [1.165, 1.54) is 5.56 Å². The zero-order valence-electron chi connectivity index (χ0n) is 10.5. The number of nitrogens with zero attached hydrogens (tertiary/aromatic N) is 2. The highest BCUT2D eigenvalue weighted by molar-refractivity contribution is 7.80. The van der Waals surface area contributed by atoms with Gasteiger partial charge in [-0.3, -0.25) is 4.98 Å². The molecule has 0 unspecified atom stereocenters. The molecule has 0 spiro atoms. The van der Waals surface area contributed by atoms with Crippen LogP contribution in [0.4, 0.5) is 5.69 Å². The van der Waals surface area contributed by atoms with Gasteiger partial charge in [-0.15, -0.1) is 0 Å². The van der Waals surface area contributed by atoms with Gasteiger partial charge in [0.2, 0.25) is 0 Å². The average Bonchev–Trinajstić information content (AvgIpc) is 2.41. The van der Waals surface area contributed by atoms with Crippen molar-refractivity contribution in [1.29, 1.82) is 0 Å². The molecule has 0 saturated heterocycles. The van der Waals surface area contributed by atoms with Gasteiger partial charge in [0.05, 0.1) is 17.6 Å². The van der Waals surface area contributed by atoms with Crippen molar-refractivity contribution in [2.45, 2.75) is 6.54 Å². The monoisotopic (exact) mass is 291 g/mol. The van der Waals surface area contributed by atoms with Crippen molar-refractivity contribution in [3.05, 3.63) is 58.9 Å². The zero-order valence-corrected chi connectivity index (χ0v) is 12.1. The number of hydrogen-bond donors (Lipinski definition) is 1. The number of thiocarbonyl (C=S) groups is 1. The number of rotatable bonds is 4. The van der Waals surface area contributed by atoms with Crippen molar-refractivity contribution >= 4 is 34.5 Å². The summed E-state index contributed by atoms with van der Waals surface area (Å²) in [4.78, 5) is 6.63. The third-order valence-corrected chi connectivity index (χ3v) is 3.24. The first-order valence-electron chi connectivity index (χ1n) is 5.77. The predicted octanol–water partition coefficient (Wildman–Crippen LogP) is 3.01. The van der Waals surface area contributed by atoms with Gasteiger partial charge in [0.1, 0.15) is 4.99 Å². The van der Waals surface area contributed by atoms with Crippen LogP contribution < -0.4 is 10.6 Å². The Bertz CT molecular complexity index is 566. The lowest BCUT2D eigenvalue weighted by atomic mass is 10.2. The molecule has 0 fully saturated rings. The molecule has 0 bridgehead atoms. The van der Waals surface area contributed by atoms with E-state index in [2.05, 4.69) is 9.88 Å². The molecule has 98 valence electrons. The van der Waals surface area contributed by atoms with Gasteiger partial charge in [-0.25, -0.2) is 0 Å². The summed E-state index contributed by atoms with van der Waals surface area (Å²) in [6.07, 6.45) is 1.77. The van der Waals surface area contributed by atoms with E-state index in [-0.39, 0.29) is 0 Å². The van der Waals surface area contributed by atoms with Crippen LogP contribution in [0, 0.1) is 0 Å². The van der Waals surface area contributed by atoms with E-state index in [0.717, 1.165) is 17.3 Å². The molecule has 0 amide bonds. The average molecular weight is 292 g/mol. The van der Waals surface area contributed by atoms with E-state index in [4.69, 9.17) is 29.6 Å². The Balaban J connectivity index is 2.09. The van der Waals surface area contributed by atoms with Crippen LogP contribution in [0.25, 0.3) is 0 Å². The van der Waals surface area contributed by atoms with Crippen molar-refractivity contribution in [1.82, 2.24) is 4.98 Å². The molecule has 1 heterocycles. The van der Waals surface area contributed by atoms with Crippen molar-refractivity contribution in [2.24, 2.45) is 5.73 Å². The Morgan fingerprint density at radius 3 is 2.47 bits per heavy atom. The van der Waals surface area contributed by atoms with Gasteiger partial charge in [-0.1, -0.05) is 36.0 Å². The maximum Gasteiger partial charge on any atom is 0.122 e. The molecule has 2 rings (SSSR count). The highest BCUT2D eigenvalue weighted by Gasteiger charge is 2.04. The second kappa shape index (κ2) is 5.99. The van der Waals surface area contributed by atoms with Crippen LogP contribution in [0.5, 0.6) is 0 Å². The Hall–Kier alpha value is -1.65. The van der Waals surface area contributed by atoms with Gasteiger partial charge in [0, 0.05) is 18.6 Å². The van der Waals surface area contributed by atoms with Gasteiger partial charge >= 0.3 is 0 Å². The predicted molar refractivity (Wildman–Crippen MR) is 83.7 cm³/mol. The number of hydrogen-bond acceptors (Lipinski definition) is 3. The van der Waals surface area contributed by atoms with Gasteiger partial charge in [-0.2, -0.15) is 0 Å². The molecule has 0 aliphatic carbocycles. The van der Waals surface area contributed by atoms with Crippen LogP contribution in [0.15, 0.2) is 42.6 Å². The number of nitrogens with two attached hydrogens (primary N) is 1.